The van der Waals surface area contributed by atoms with Crippen LogP contribution >= 0.6 is 0 Å². The van der Waals surface area contributed by atoms with Crippen LogP contribution in [0.1, 0.15) is 279 Å². The Labute approximate surface area is 358 Å². The standard InChI is InChI=1S/C52H103NO4/c1-7-11-15-19-25-31-39-49(38-30-16-12-8-2)52(55)56-47-37-29-24-23-28-36-45-53(46-43-48(5)6)44-35-27-22-20-21-26-34-42-51(54)57-50(40-32-17-13-9-3)41-33-18-14-10-4/h48-50H,7-47H2,1-6H3. The Morgan fingerprint density at radius 3 is 1.28 bits per heavy atom. The Hall–Kier alpha value is -1.10. The second kappa shape index (κ2) is 44.5. The predicted molar refractivity (Wildman–Crippen MR) is 249 cm³/mol. The molecule has 1 atom stereocenters. The van der Waals surface area contributed by atoms with Crippen LogP contribution in [0, 0.1) is 11.8 Å². The van der Waals surface area contributed by atoms with Crippen LogP contribution in [0.5, 0.6) is 0 Å². The zero-order valence-corrected chi connectivity index (χ0v) is 39.8. The molecule has 0 aliphatic heterocycles. The van der Waals surface area contributed by atoms with Crippen molar-refractivity contribution in [2.75, 3.05) is 26.2 Å². The summed E-state index contributed by atoms with van der Waals surface area (Å²) < 4.78 is 11.8. The molecule has 0 rings (SSSR count). The lowest BCUT2D eigenvalue weighted by molar-refractivity contribution is -0.150. The molecule has 0 amide bonds. The number of unbranched alkanes of at least 4 members (excludes halogenated alkanes) is 25. The molecule has 0 fully saturated rings. The van der Waals surface area contributed by atoms with Crippen molar-refractivity contribution in [2.45, 2.75) is 285 Å². The number of carbonyl (C=O) groups is 2. The Morgan fingerprint density at radius 2 is 0.807 bits per heavy atom. The summed E-state index contributed by atoms with van der Waals surface area (Å²) in [7, 11) is 0. The van der Waals surface area contributed by atoms with Crippen LogP contribution in [0.15, 0.2) is 0 Å². The van der Waals surface area contributed by atoms with Gasteiger partial charge in [0.25, 0.3) is 0 Å². The minimum atomic E-state index is 0.0423. The zero-order chi connectivity index (χ0) is 41.9. The maximum absolute atomic E-state index is 12.9. The molecule has 5 heteroatoms. The van der Waals surface area contributed by atoms with Crippen LogP contribution in [0.4, 0.5) is 0 Å². The SMILES string of the molecule is CCCCCCCCC(CCCCCC)C(=O)OCCCCCCCCN(CCCCCCCCCC(=O)OC(CCCCCC)CCCCCC)CCC(C)C. The highest BCUT2D eigenvalue weighted by molar-refractivity contribution is 5.72. The van der Waals surface area contributed by atoms with Crippen LogP contribution in [-0.2, 0) is 19.1 Å². The molecular formula is C52H103NO4. The molecule has 5 nitrogen and oxygen atoms in total. The van der Waals surface area contributed by atoms with Gasteiger partial charge in [-0.05, 0) is 96.2 Å². The first-order chi connectivity index (χ1) is 27.9. The number of rotatable bonds is 46. The van der Waals surface area contributed by atoms with Gasteiger partial charge in [-0.2, -0.15) is 0 Å². The molecule has 0 heterocycles. The molecule has 0 aliphatic rings. The molecule has 0 N–H and O–H groups in total. The van der Waals surface area contributed by atoms with Crippen molar-refractivity contribution < 1.29 is 19.1 Å². The lowest BCUT2D eigenvalue weighted by Gasteiger charge is -2.23. The summed E-state index contributed by atoms with van der Waals surface area (Å²) in [5, 5.41) is 0. The first kappa shape index (κ1) is 55.9. The second-order valence-electron chi connectivity index (χ2n) is 18.5. The summed E-state index contributed by atoms with van der Waals surface area (Å²) in [5.74, 6) is 1.00. The highest BCUT2D eigenvalue weighted by atomic mass is 16.5. The minimum absolute atomic E-state index is 0.0423. The van der Waals surface area contributed by atoms with Gasteiger partial charge in [-0.15, -0.1) is 0 Å². The zero-order valence-electron chi connectivity index (χ0n) is 39.8. The van der Waals surface area contributed by atoms with Crippen LogP contribution in [-0.4, -0.2) is 49.2 Å². The van der Waals surface area contributed by atoms with Crippen molar-refractivity contribution in [3.63, 3.8) is 0 Å². The number of carbonyl (C=O) groups excluding carboxylic acids is 2. The van der Waals surface area contributed by atoms with Gasteiger partial charge in [0.05, 0.1) is 12.5 Å². The van der Waals surface area contributed by atoms with E-state index in [1.165, 1.54) is 206 Å². The quantitative estimate of drug-likeness (QED) is 0.0453. The summed E-state index contributed by atoms with van der Waals surface area (Å²) in [5.41, 5.74) is 0. The fraction of sp³-hybridized carbons (Fsp3) is 0.962. The van der Waals surface area contributed by atoms with Crippen LogP contribution < -0.4 is 0 Å². The van der Waals surface area contributed by atoms with Gasteiger partial charge in [-0.25, -0.2) is 0 Å². The molecule has 0 aromatic carbocycles. The van der Waals surface area contributed by atoms with Gasteiger partial charge in [0, 0.05) is 6.42 Å². The topological polar surface area (TPSA) is 55.8 Å². The van der Waals surface area contributed by atoms with Crippen molar-refractivity contribution in [3.05, 3.63) is 0 Å². The molecule has 0 radical (unpaired) electrons. The number of nitrogens with zero attached hydrogens (tertiary/aromatic N) is 1. The molecule has 340 valence electrons. The number of ether oxygens (including phenoxy) is 2. The van der Waals surface area contributed by atoms with Crippen molar-refractivity contribution in [1.29, 1.82) is 0 Å². The Kier molecular flexibility index (Phi) is 43.6. The van der Waals surface area contributed by atoms with Gasteiger partial charge in [0.1, 0.15) is 6.10 Å². The summed E-state index contributed by atoms with van der Waals surface area (Å²) in [6.07, 6.45) is 44.7. The molecule has 0 spiro atoms. The Balaban J connectivity index is 4.15. The van der Waals surface area contributed by atoms with Crippen LogP contribution in [0.2, 0.25) is 0 Å². The highest BCUT2D eigenvalue weighted by Crippen LogP contribution is 2.22. The fourth-order valence-corrected chi connectivity index (χ4v) is 8.17. The largest absolute Gasteiger partial charge is 0.465 e. The number of esters is 2. The average Bonchev–Trinajstić information content (AvgIpc) is 3.20. The van der Waals surface area contributed by atoms with E-state index >= 15 is 0 Å². The normalized spacial score (nSPS) is 12.3. The van der Waals surface area contributed by atoms with E-state index in [1.54, 1.807) is 0 Å². The third-order valence-electron chi connectivity index (χ3n) is 12.2. The van der Waals surface area contributed by atoms with E-state index in [0.29, 0.717) is 13.0 Å². The van der Waals surface area contributed by atoms with Crippen LogP contribution in [0.3, 0.4) is 0 Å². The minimum Gasteiger partial charge on any atom is -0.465 e. The summed E-state index contributed by atoms with van der Waals surface area (Å²) in [6, 6.07) is 0. The molecule has 0 aliphatic carbocycles. The van der Waals surface area contributed by atoms with Crippen molar-refractivity contribution in [3.8, 4) is 0 Å². The smallest absolute Gasteiger partial charge is 0.308 e. The first-order valence-corrected chi connectivity index (χ1v) is 26.0. The van der Waals surface area contributed by atoms with Gasteiger partial charge in [0.15, 0.2) is 0 Å². The van der Waals surface area contributed by atoms with E-state index in [9.17, 15) is 9.59 Å². The number of hydrogen-bond donors (Lipinski definition) is 0. The average molecular weight is 806 g/mol. The van der Waals surface area contributed by atoms with Gasteiger partial charge >= 0.3 is 11.9 Å². The lowest BCUT2D eigenvalue weighted by Crippen LogP contribution is -2.28. The van der Waals surface area contributed by atoms with E-state index < -0.39 is 0 Å². The van der Waals surface area contributed by atoms with Crippen molar-refractivity contribution in [1.82, 2.24) is 4.90 Å². The van der Waals surface area contributed by atoms with Crippen LogP contribution in [0.25, 0.3) is 0 Å². The van der Waals surface area contributed by atoms with E-state index in [2.05, 4.69) is 46.4 Å². The van der Waals surface area contributed by atoms with Crippen molar-refractivity contribution in [2.24, 2.45) is 11.8 Å². The Bertz CT molecular complexity index is 819. The highest BCUT2D eigenvalue weighted by Gasteiger charge is 2.19. The Morgan fingerprint density at radius 1 is 0.421 bits per heavy atom. The molecule has 0 aromatic rings. The predicted octanol–water partition coefficient (Wildman–Crippen LogP) is 16.5. The van der Waals surface area contributed by atoms with E-state index in [0.717, 1.165) is 50.9 Å². The lowest BCUT2D eigenvalue weighted by atomic mass is 9.94. The molecule has 0 saturated heterocycles. The van der Waals surface area contributed by atoms with Gasteiger partial charge in [-0.1, -0.05) is 202 Å². The monoisotopic (exact) mass is 806 g/mol. The third-order valence-corrected chi connectivity index (χ3v) is 12.2. The van der Waals surface area contributed by atoms with E-state index in [1.807, 2.05) is 0 Å². The molecule has 1 unspecified atom stereocenters. The second-order valence-corrected chi connectivity index (χ2v) is 18.5. The fourth-order valence-electron chi connectivity index (χ4n) is 8.17. The van der Waals surface area contributed by atoms with E-state index in [-0.39, 0.29) is 24.0 Å². The molecule has 0 bridgehead atoms. The first-order valence-electron chi connectivity index (χ1n) is 26.0. The van der Waals surface area contributed by atoms with Gasteiger partial charge in [-0.3, -0.25) is 9.59 Å². The van der Waals surface area contributed by atoms with Crippen molar-refractivity contribution >= 4 is 11.9 Å². The maximum atomic E-state index is 12.9. The summed E-state index contributed by atoms with van der Waals surface area (Å²) in [6.45, 7) is 18.0. The maximum Gasteiger partial charge on any atom is 0.308 e. The molecule has 57 heavy (non-hydrogen) atoms. The molecular weight excluding hydrogens is 703 g/mol. The molecule has 0 aromatic heterocycles. The number of hydrogen-bond acceptors (Lipinski definition) is 5. The van der Waals surface area contributed by atoms with Gasteiger partial charge < -0.3 is 14.4 Å². The summed E-state index contributed by atoms with van der Waals surface area (Å²) >= 11 is 0. The molecule has 0 saturated carbocycles. The third kappa shape index (κ3) is 40.1. The van der Waals surface area contributed by atoms with E-state index in [4.69, 9.17) is 9.47 Å². The summed E-state index contributed by atoms with van der Waals surface area (Å²) in [4.78, 5) is 28.3. The van der Waals surface area contributed by atoms with Gasteiger partial charge in [0.2, 0.25) is 0 Å².